The van der Waals surface area contributed by atoms with E-state index in [2.05, 4.69) is 0 Å². The zero-order valence-corrected chi connectivity index (χ0v) is 17.1. The van der Waals surface area contributed by atoms with Crippen LogP contribution < -0.4 is 9.80 Å². The molecule has 6 heteroatoms. The number of hydrogen-bond acceptors (Lipinski definition) is 5. The summed E-state index contributed by atoms with van der Waals surface area (Å²) < 4.78 is 5.11. The molecule has 0 aliphatic rings. The van der Waals surface area contributed by atoms with Gasteiger partial charge in [-0.2, -0.15) is 5.26 Å². The molecule has 0 radical (unpaired) electrons. The lowest BCUT2D eigenvalue weighted by Gasteiger charge is -2.26. The molecular formula is C23H25N3O3. The van der Waals surface area contributed by atoms with Gasteiger partial charge in [-0.05, 0) is 49.8 Å². The maximum absolute atomic E-state index is 12.6. The van der Waals surface area contributed by atoms with Crippen LogP contribution in [0.2, 0.25) is 0 Å². The summed E-state index contributed by atoms with van der Waals surface area (Å²) in [7, 11) is 3.85. The molecule has 2 aromatic carbocycles. The van der Waals surface area contributed by atoms with Gasteiger partial charge in [0.2, 0.25) is 0 Å². The van der Waals surface area contributed by atoms with E-state index in [4.69, 9.17) is 4.74 Å². The van der Waals surface area contributed by atoms with Crippen LogP contribution in [0.1, 0.15) is 19.4 Å². The normalized spacial score (nSPS) is 11.0. The van der Waals surface area contributed by atoms with E-state index >= 15 is 0 Å². The highest BCUT2D eigenvalue weighted by Gasteiger charge is 2.21. The van der Waals surface area contributed by atoms with Crippen molar-refractivity contribution in [3.05, 3.63) is 65.7 Å². The highest BCUT2D eigenvalue weighted by atomic mass is 16.5. The van der Waals surface area contributed by atoms with Gasteiger partial charge in [0.15, 0.2) is 6.61 Å². The Balaban J connectivity index is 2.07. The standard InChI is InChI=1S/C23H25N3O3/c1-17(2)26(21-8-6-5-7-9-21)22(27)16-29-23(28)19(15-24)14-18-10-12-20(13-11-18)25(3)4/h5-14,17H,16H2,1-4H3/b19-14+. The van der Waals surface area contributed by atoms with Gasteiger partial charge in [-0.15, -0.1) is 0 Å². The lowest BCUT2D eigenvalue weighted by Crippen LogP contribution is -2.40. The zero-order valence-electron chi connectivity index (χ0n) is 17.1. The summed E-state index contributed by atoms with van der Waals surface area (Å²) in [5, 5.41) is 9.32. The summed E-state index contributed by atoms with van der Waals surface area (Å²) in [6.45, 7) is 3.32. The molecule has 0 spiro atoms. The minimum atomic E-state index is -0.825. The van der Waals surface area contributed by atoms with Gasteiger partial charge >= 0.3 is 5.97 Å². The molecule has 0 aromatic heterocycles. The van der Waals surface area contributed by atoms with Crippen molar-refractivity contribution in [2.75, 3.05) is 30.5 Å². The van der Waals surface area contributed by atoms with Crippen LogP contribution in [0.3, 0.4) is 0 Å². The fourth-order valence-electron chi connectivity index (χ4n) is 2.77. The number of carbonyl (C=O) groups is 2. The predicted octanol–water partition coefficient (Wildman–Crippen LogP) is 3.64. The summed E-state index contributed by atoms with van der Waals surface area (Å²) in [6, 6.07) is 18.3. The van der Waals surface area contributed by atoms with Crippen LogP contribution in [-0.4, -0.2) is 38.6 Å². The second-order valence-corrected chi connectivity index (χ2v) is 6.92. The fraction of sp³-hybridized carbons (Fsp3) is 0.261. The Labute approximate surface area is 171 Å². The summed E-state index contributed by atoms with van der Waals surface area (Å²) in [6.07, 6.45) is 1.45. The molecule has 0 aliphatic heterocycles. The molecule has 0 bridgehead atoms. The third-order valence-corrected chi connectivity index (χ3v) is 4.21. The van der Waals surface area contributed by atoms with E-state index < -0.39 is 12.6 Å². The molecule has 1 amide bonds. The maximum Gasteiger partial charge on any atom is 0.349 e. The van der Waals surface area contributed by atoms with Gasteiger partial charge in [-0.25, -0.2) is 4.79 Å². The number of nitriles is 1. The number of anilines is 2. The van der Waals surface area contributed by atoms with E-state index in [1.165, 1.54) is 6.08 Å². The number of amides is 1. The van der Waals surface area contributed by atoms with Crippen molar-refractivity contribution < 1.29 is 14.3 Å². The topological polar surface area (TPSA) is 73.6 Å². The average Bonchev–Trinajstić information content (AvgIpc) is 2.71. The number of benzene rings is 2. The molecule has 0 aliphatic carbocycles. The maximum atomic E-state index is 12.6. The van der Waals surface area contributed by atoms with Crippen molar-refractivity contribution in [3.63, 3.8) is 0 Å². The zero-order chi connectivity index (χ0) is 21.4. The Morgan fingerprint density at radius 3 is 2.17 bits per heavy atom. The Morgan fingerprint density at radius 1 is 1.03 bits per heavy atom. The van der Waals surface area contributed by atoms with Crippen LogP contribution in [0.5, 0.6) is 0 Å². The number of para-hydroxylation sites is 1. The van der Waals surface area contributed by atoms with Crippen LogP contribution in [0.4, 0.5) is 11.4 Å². The van der Waals surface area contributed by atoms with Crippen molar-refractivity contribution >= 4 is 29.3 Å². The molecular weight excluding hydrogens is 366 g/mol. The number of carbonyl (C=O) groups excluding carboxylic acids is 2. The minimum absolute atomic E-state index is 0.107. The van der Waals surface area contributed by atoms with Gasteiger partial charge in [-0.1, -0.05) is 30.3 Å². The molecule has 0 fully saturated rings. The molecule has 0 N–H and O–H groups in total. The molecule has 0 atom stereocenters. The van der Waals surface area contributed by atoms with Gasteiger partial charge in [0.25, 0.3) is 5.91 Å². The van der Waals surface area contributed by atoms with Crippen LogP contribution in [0, 0.1) is 11.3 Å². The summed E-state index contributed by atoms with van der Waals surface area (Å²) in [5.41, 5.74) is 2.26. The molecule has 0 saturated carbocycles. The first-order valence-corrected chi connectivity index (χ1v) is 9.27. The Kier molecular flexibility index (Phi) is 7.55. The summed E-state index contributed by atoms with van der Waals surface area (Å²) in [5.74, 6) is -1.18. The lowest BCUT2D eigenvalue weighted by molar-refractivity contribution is -0.143. The minimum Gasteiger partial charge on any atom is -0.451 e. The first kappa shape index (κ1) is 21.7. The molecule has 0 heterocycles. The lowest BCUT2D eigenvalue weighted by atomic mass is 10.1. The van der Waals surface area contributed by atoms with Crippen molar-refractivity contribution in [1.82, 2.24) is 0 Å². The number of esters is 1. The first-order chi connectivity index (χ1) is 13.8. The molecule has 0 unspecified atom stereocenters. The van der Waals surface area contributed by atoms with Gasteiger partial charge in [-0.3, -0.25) is 4.79 Å². The highest BCUT2D eigenvalue weighted by molar-refractivity contribution is 6.00. The number of rotatable bonds is 7. The summed E-state index contributed by atoms with van der Waals surface area (Å²) >= 11 is 0. The average molecular weight is 391 g/mol. The van der Waals surface area contributed by atoms with Crippen molar-refractivity contribution in [2.45, 2.75) is 19.9 Å². The second kappa shape index (κ2) is 10.1. The third kappa shape index (κ3) is 5.94. The number of ether oxygens (including phenoxy) is 1. The second-order valence-electron chi connectivity index (χ2n) is 6.92. The van der Waals surface area contributed by atoms with Crippen LogP contribution in [0.15, 0.2) is 60.2 Å². The van der Waals surface area contributed by atoms with Gasteiger partial charge in [0, 0.05) is 31.5 Å². The SMILES string of the molecule is CC(C)N(C(=O)COC(=O)/C(C#N)=C/c1ccc(N(C)C)cc1)c1ccccc1. The van der Waals surface area contributed by atoms with Gasteiger partial charge in [0.05, 0.1) is 0 Å². The third-order valence-electron chi connectivity index (χ3n) is 4.21. The van der Waals surface area contributed by atoms with Crippen molar-refractivity contribution in [3.8, 4) is 6.07 Å². The fourth-order valence-corrected chi connectivity index (χ4v) is 2.77. The first-order valence-electron chi connectivity index (χ1n) is 9.27. The van der Waals surface area contributed by atoms with Crippen LogP contribution >= 0.6 is 0 Å². The molecule has 150 valence electrons. The molecule has 29 heavy (non-hydrogen) atoms. The summed E-state index contributed by atoms with van der Waals surface area (Å²) in [4.78, 5) is 28.4. The highest BCUT2D eigenvalue weighted by Crippen LogP contribution is 2.18. The molecule has 0 saturated heterocycles. The van der Waals surface area contributed by atoms with Crippen molar-refractivity contribution in [1.29, 1.82) is 5.26 Å². The van der Waals surface area contributed by atoms with E-state index in [-0.39, 0.29) is 17.5 Å². The van der Waals surface area contributed by atoms with Crippen LogP contribution in [-0.2, 0) is 14.3 Å². The smallest absolute Gasteiger partial charge is 0.349 e. The number of nitrogens with zero attached hydrogens (tertiary/aromatic N) is 3. The molecule has 6 nitrogen and oxygen atoms in total. The number of hydrogen-bond donors (Lipinski definition) is 0. The largest absolute Gasteiger partial charge is 0.451 e. The Bertz CT molecular complexity index is 911. The quantitative estimate of drug-likeness (QED) is 0.409. The Hall–Kier alpha value is -3.59. The van der Waals surface area contributed by atoms with Crippen LogP contribution in [0.25, 0.3) is 6.08 Å². The van der Waals surface area contributed by atoms with Gasteiger partial charge < -0.3 is 14.5 Å². The van der Waals surface area contributed by atoms with Gasteiger partial charge in [0.1, 0.15) is 11.6 Å². The Morgan fingerprint density at radius 2 is 1.66 bits per heavy atom. The van der Waals surface area contributed by atoms with Crippen molar-refractivity contribution in [2.24, 2.45) is 0 Å². The van der Waals surface area contributed by atoms with E-state index in [1.807, 2.05) is 81.4 Å². The van der Waals surface area contributed by atoms with E-state index in [0.29, 0.717) is 5.56 Å². The molecule has 2 aromatic rings. The van der Waals surface area contributed by atoms with E-state index in [0.717, 1.165) is 11.4 Å². The molecule has 2 rings (SSSR count). The predicted molar refractivity (Wildman–Crippen MR) is 114 cm³/mol. The van der Waals surface area contributed by atoms with E-state index in [9.17, 15) is 14.9 Å². The monoisotopic (exact) mass is 391 g/mol. The van der Waals surface area contributed by atoms with E-state index in [1.54, 1.807) is 17.0 Å².